The van der Waals surface area contributed by atoms with E-state index in [1.54, 1.807) is 0 Å². The summed E-state index contributed by atoms with van der Waals surface area (Å²) >= 11 is 0. The third-order valence-electron chi connectivity index (χ3n) is 7.53. The van der Waals surface area contributed by atoms with E-state index in [1.807, 2.05) is 25.4 Å². The summed E-state index contributed by atoms with van der Waals surface area (Å²) in [6.07, 6.45) is 5.44. The summed E-state index contributed by atoms with van der Waals surface area (Å²) in [5.41, 5.74) is 4.64. The highest BCUT2D eigenvalue weighted by Crippen LogP contribution is 2.25. The number of benzene rings is 2. The van der Waals surface area contributed by atoms with Crippen LogP contribution in [-0.4, -0.2) is 43.6 Å². The third kappa shape index (κ3) is 6.81. The molecular formula is C31H38N6O2. The first-order chi connectivity index (χ1) is 18.7. The van der Waals surface area contributed by atoms with Crippen molar-refractivity contribution in [3.63, 3.8) is 0 Å². The lowest BCUT2D eigenvalue weighted by atomic mass is 9.87. The van der Waals surface area contributed by atoms with Gasteiger partial charge < -0.3 is 14.4 Å². The van der Waals surface area contributed by atoms with Gasteiger partial charge in [-0.05, 0) is 55.0 Å². The van der Waals surface area contributed by atoms with E-state index in [4.69, 9.17) is 4.52 Å². The van der Waals surface area contributed by atoms with Crippen molar-refractivity contribution in [2.45, 2.75) is 65.6 Å². The Balaban J connectivity index is 1.08. The van der Waals surface area contributed by atoms with Crippen molar-refractivity contribution in [1.82, 2.24) is 29.9 Å². The number of amides is 1. The largest absolute Gasteiger partial charge is 0.352 e. The molecule has 0 radical (unpaired) electrons. The number of carbonyl (C=O) groups is 1. The van der Waals surface area contributed by atoms with Gasteiger partial charge in [0.25, 0.3) is 0 Å². The van der Waals surface area contributed by atoms with Crippen molar-refractivity contribution in [1.29, 1.82) is 0 Å². The minimum absolute atomic E-state index is 0.0256. The lowest BCUT2D eigenvalue weighted by molar-refractivity contribution is -0.126. The average molecular weight is 527 g/mol. The molecule has 0 atom stereocenters. The van der Waals surface area contributed by atoms with E-state index >= 15 is 0 Å². The number of rotatable bonds is 8. The molecule has 1 amide bonds. The molecule has 2 aromatic carbocycles. The van der Waals surface area contributed by atoms with Crippen molar-refractivity contribution in [3.8, 4) is 11.4 Å². The van der Waals surface area contributed by atoms with Gasteiger partial charge in [-0.15, -0.1) is 0 Å². The molecule has 39 heavy (non-hydrogen) atoms. The molecule has 0 bridgehead atoms. The van der Waals surface area contributed by atoms with Crippen LogP contribution >= 0.6 is 0 Å². The van der Waals surface area contributed by atoms with Crippen LogP contribution in [0.25, 0.3) is 11.4 Å². The Hall–Kier alpha value is -3.78. The molecule has 0 spiro atoms. The number of piperidine rings is 1. The van der Waals surface area contributed by atoms with Gasteiger partial charge in [-0.1, -0.05) is 74.5 Å². The first-order valence-electron chi connectivity index (χ1n) is 13.7. The van der Waals surface area contributed by atoms with E-state index in [0.29, 0.717) is 24.8 Å². The number of aryl methyl sites for hydroxylation is 1. The maximum atomic E-state index is 12.9. The zero-order valence-electron chi connectivity index (χ0n) is 23.4. The number of hydrogen-bond donors (Lipinski definition) is 1. The van der Waals surface area contributed by atoms with Crippen LogP contribution in [-0.2, 0) is 29.8 Å². The Bertz CT molecular complexity index is 1390. The molecule has 1 fully saturated rings. The van der Waals surface area contributed by atoms with Gasteiger partial charge in [0.15, 0.2) is 0 Å². The standard InChI is InChI=1S/C31H38N6O2/c1-22-32-14-17-37(22)20-24-7-5-6-23(18-24)19-33-30(38)26-12-15-36(16-13-26)21-28-34-29(35-39-28)25-8-10-27(11-9-25)31(2,3)4/h5-11,14,17-18,26H,12-13,15-16,19-21H2,1-4H3,(H,33,38). The molecule has 5 rings (SSSR count). The molecule has 0 unspecified atom stereocenters. The van der Waals surface area contributed by atoms with Gasteiger partial charge in [-0.2, -0.15) is 4.98 Å². The predicted molar refractivity (Wildman–Crippen MR) is 151 cm³/mol. The van der Waals surface area contributed by atoms with E-state index in [1.165, 1.54) is 11.1 Å². The molecule has 0 aliphatic carbocycles. The van der Waals surface area contributed by atoms with Crippen LogP contribution in [0.3, 0.4) is 0 Å². The predicted octanol–water partition coefficient (Wildman–Crippen LogP) is 5.12. The van der Waals surface area contributed by atoms with E-state index in [9.17, 15) is 4.79 Å². The van der Waals surface area contributed by atoms with Crippen molar-refractivity contribution < 1.29 is 9.32 Å². The van der Waals surface area contributed by atoms with Crippen molar-refractivity contribution in [2.24, 2.45) is 5.92 Å². The van der Waals surface area contributed by atoms with E-state index in [-0.39, 0.29) is 17.2 Å². The minimum atomic E-state index is 0.0256. The quantitative estimate of drug-likeness (QED) is 0.343. The number of carbonyl (C=O) groups excluding carboxylic acids is 1. The summed E-state index contributed by atoms with van der Waals surface area (Å²) < 4.78 is 7.66. The summed E-state index contributed by atoms with van der Waals surface area (Å²) in [5, 5.41) is 7.34. The number of aromatic nitrogens is 4. The normalized spacial score (nSPS) is 15.0. The molecule has 0 saturated carbocycles. The zero-order chi connectivity index (χ0) is 27.4. The molecular weight excluding hydrogens is 488 g/mol. The smallest absolute Gasteiger partial charge is 0.241 e. The Morgan fingerprint density at radius 2 is 1.79 bits per heavy atom. The number of likely N-dealkylation sites (tertiary alicyclic amines) is 1. The molecule has 4 aromatic rings. The van der Waals surface area contributed by atoms with Gasteiger partial charge in [0.2, 0.25) is 17.6 Å². The Labute approximate surface area is 230 Å². The second kappa shape index (κ2) is 11.5. The summed E-state index contributed by atoms with van der Waals surface area (Å²) in [6.45, 7) is 12.2. The maximum absolute atomic E-state index is 12.9. The first-order valence-corrected chi connectivity index (χ1v) is 13.7. The zero-order valence-corrected chi connectivity index (χ0v) is 23.4. The molecule has 1 aliphatic rings. The fourth-order valence-electron chi connectivity index (χ4n) is 5.04. The molecule has 1 N–H and O–H groups in total. The number of nitrogens with one attached hydrogen (secondary N) is 1. The van der Waals surface area contributed by atoms with Crippen molar-refractivity contribution in [2.75, 3.05) is 13.1 Å². The van der Waals surface area contributed by atoms with E-state index in [2.05, 4.69) is 93.1 Å². The molecule has 8 nitrogen and oxygen atoms in total. The van der Waals surface area contributed by atoms with Crippen LogP contribution in [0, 0.1) is 12.8 Å². The first kappa shape index (κ1) is 26.8. The molecule has 8 heteroatoms. The second-order valence-electron chi connectivity index (χ2n) is 11.5. The Morgan fingerprint density at radius 3 is 2.49 bits per heavy atom. The van der Waals surface area contributed by atoms with Gasteiger partial charge in [0, 0.05) is 37.0 Å². The number of imidazole rings is 1. The van der Waals surface area contributed by atoms with Crippen LogP contribution in [0.4, 0.5) is 0 Å². The Morgan fingerprint density at radius 1 is 1.05 bits per heavy atom. The highest BCUT2D eigenvalue weighted by atomic mass is 16.5. The summed E-state index contributed by atoms with van der Waals surface area (Å²) in [7, 11) is 0. The van der Waals surface area contributed by atoms with Gasteiger partial charge in [0.05, 0.1) is 6.54 Å². The highest BCUT2D eigenvalue weighted by Gasteiger charge is 2.26. The SMILES string of the molecule is Cc1nccn1Cc1cccc(CNC(=O)C2CCN(Cc3nc(-c4ccc(C(C)(C)C)cc4)no3)CC2)c1. The van der Waals surface area contributed by atoms with E-state index in [0.717, 1.165) is 49.4 Å². The Kier molecular flexibility index (Phi) is 7.93. The summed E-state index contributed by atoms with van der Waals surface area (Å²) in [6, 6.07) is 16.7. The van der Waals surface area contributed by atoms with Crippen molar-refractivity contribution in [3.05, 3.63) is 89.3 Å². The van der Waals surface area contributed by atoms with Crippen LogP contribution in [0.15, 0.2) is 65.4 Å². The van der Waals surface area contributed by atoms with Gasteiger partial charge in [0.1, 0.15) is 5.82 Å². The third-order valence-corrected chi connectivity index (χ3v) is 7.53. The van der Waals surface area contributed by atoms with Gasteiger partial charge in [-0.25, -0.2) is 4.98 Å². The van der Waals surface area contributed by atoms with Gasteiger partial charge in [-0.3, -0.25) is 9.69 Å². The lowest BCUT2D eigenvalue weighted by Gasteiger charge is -2.30. The average Bonchev–Trinajstić information content (AvgIpc) is 3.56. The molecule has 1 saturated heterocycles. The topological polar surface area (TPSA) is 89.1 Å². The fourth-order valence-corrected chi connectivity index (χ4v) is 5.04. The monoisotopic (exact) mass is 526 g/mol. The molecule has 3 heterocycles. The minimum Gasteiger partial charge on any atom is -0.352 e. The van der Waals surface area contributed by atoms with Crippen LogP contribution < -0.4 is 5.32 Å². The highest BCUT2D eigenvalue weighted by molar-refractivity contribution is 5.78. The lowest BCUT2D eigenvalue weighted by Crippen LogP contribution is -2.40. The van der Waals surface area contributed by atoms with Crippen LogP contribution in [0.1, 0.15) is 62.0 Å². The summed E-state index contributed by atoms with van der Waals surface area (Å²) in [5.74, 6) is 2.37. The van der Waals surface area contributed by atoms with Gasteiger partial charge >= 0.3 is 0 Å². The molecule has 204 valence electrons. The van der Waals surface area contributed by atoms with Crippen LogP contribution in [0.5, 0.6) is 0 Å². The molecule has 1 aliphatic heterocycles. The summed E-state index contributed by atoms with van der Waals surface area (Å²) in [4.78, 5) is 24.1. The number of nitrogens with zero attached hydrogens (tertiary/aromatic N) is 5. The fraction of sp³-hybridized carbons (Fsp3) is 0.419. The molecule has 2 aromatic heterocycles. The second-order valence-corrected chi connectivity index (χ2v) is 11.5. The van der Waals surface area contributed by atoms with E-state index < -0.39 is 0 Å². The van der Waals surface area contributed by atoms with Crippen LogP contribution in [0.2, 0.25) is 0 Å². The van der Waals surface area contributed by atoms with Crippen molar-refractivity contribution >= 4 is 5.91 Å². The number of hydrogen-bond acceptors (Lipinski definition) is 6. The maximum Gasteiger partial charge on any atom is 0.241 e.